The molecule has 0 unspecified atom stereocenters. The van der Waals surface area contributed by atoms with Crippen molar-refractivity contribution >= 4 is 51.5 Å². The second-order valence-corrected chi connectivity index (χ2v) is 10.5. The molecule has 1 aliphatic rings. The van der Waals surface area contributed by atoms with E-state index in [1.165, 1.54) is 30.8 Å². The zero-order chi connectivity index (χ0) is 27.1. The molecule has 4 aromatic heterocycles. The summed E-state index contributed by atoms with van der Waals surface area (Å²) < 4.78 is 7.08. The topological polar surface area (TPSA) is 115 Å². The minimum absolute atomic E-state index is 0.237. The van der Waals surface area contributed by atoms with Crippen LogP contribution in [0.5, 0.6) is 5.75 Å². The van der Waals surface area contributed by atoms with Crippen LogP contribution in [0.2, 0.25) is 10.2 Å². The number of thiazole rings is 1. The largest absolute Gasteiger partial charge is 0.494 e. The van der Waals surface area contributed by atoms with E-state index in [2.05, 4.69) is 25.4 Å². The summed E-state index contributed by atoms with van der Waals surface area (Å²) in [6.45, 7) is 4.46. The Bertz CT molecular complexity index is 1560. The molecular formula is C25H23Cl2N7O3S. The number of pyridine rings is 2. The average Bonchev–Trinajstić information content (AvgIpc) is 3.54. The number of halogens is 2. The Kier molecular flexibility index (Phi) is 7.08. The zero-order valence-electron chi connectivity index (χ0n) is 21.0. The van der Waals surface area contributed by atoms with Gasteiger partial charge in [-0.25, -0.2) is 9.97 Å². The lowest BCUT2D eigenvalue weighted by atomic mass is 10.0. The Morgan fingerprint density at radius 1 is 1.16 bits per heavy atom. The van der Waals surface area contributed by atoms with Gasteiger partial charge in [0.25, 0.3) is 11.8 Å². The fourth-order valence-corrected chi connectivity index (χ4v) is 5.87. The summed E-state index contributed by atoms with van der Waals surface area (Å²) in [7, 11) is 3.30. The lowest BCUT2D eigenvalue weighted by molar-refractivity contribution is 0.0744. The van der Waals surface area contributed by atoms with Gasteiger partial charge in [-0.2, -0.15) is 5.10 Å². The average molecular weight is 572 g/mol. The molecule has 0 saturated carbocycles. The molecule has 1 N–H and O–H groups in total. The molecule has 0 fully saturated rings. The van der Waals surface area contributed by atoms with Crippen LogP contribution in [0.4, 0.5) is 5.13 Å². The molecule has 2 amide bonds. The Hall–Kier alpha value is -3.54. The van der Waals surface area contributed by atoms with E-state index in [9.17, 15) is 9.59 Å². The third-order valence-electron chi connectivity index (χ3n) is 6.23. The highest BCUT2D eigenvalue weighted by Gasteiger charge is 2.32. The lowest BCUT2D eigenvalue weighted by Crippen LogP contribution is -2.26. The van der Waals surface area contributed by atoms with Crippen molar-refractivity contribution in [1.82, 2.24) is 29.6 Å². The van der Waals surface area contributed by atoms with E-state index in [-0.39, 0.29) is 22.7 Å². The fraction of sp³-hybridized carbons (Fsp3) is 0.280. The number of amides is 2. The van der Waals surface area contributed by atoms with Gasteiger partial charge in [-0.1, -0.05) is 41.5 Å². The number of ether oxygens (including phenoxy) is 1. The van der Waals surface area contributed by atoms with Crippen LogP contribution < -0.4 is 10.1 Å². The van der Waals surface area contributed by atoms with E-state index >= 15 is 0 Å². The Balaban J connectivity index is 1.35. The Morgan fingerprint density at radius 2 is 1.95 bits per heavy atom. The maximum atomic E-state index is 13.3. The summed E-state index contributed by atoms with van der Waals surface area (Å²) in [6.07, 6.45) is 3.69. The molecule has 10 nitrogen and oxygen atoms in total. The van der Waals surface area contributed by atoms with Gasteiger partial charge in [0.1, 0.15) is 10.9 Å². The van der Waals surface area contributed by atoms with Gasteiger partial charge in [0.05, 0.1) is 53.2 Å². The molecule has 4 aromatic rings. The number of fused-ring (bicyclic) bond motifs is 1. The van der Waals surface area contributed by atoms with Crippen LogP contribution in [0.3, 0.4) is 0 Å². The molecule has 5 heterocycles. The molecule has 0 atom stereocenters. The first-order valence-electron chi connectivity index (χ1n) is 11.7. The number of hydrogen-bond donors (Lipinski definition) is 1. The first kappa shape index (κ1) is 26.1. The monoisotopic (exact) mass is 571 g/mol. The van der Waals surface area contributed by atoms with Crippen LogP contribution in [0.25, 0.3) is 11.1 Å². The normalized spacial score (nSPS) is 12.5. The van der Waals surface area contributed by atoms with Gasteiger partial charge in [-0.05, 0) is 25.5 Å². The molecule has 0 aliphatic carbocycles. The Labute approximate surface area is 232 Å². The molecule has 0 spiro atoms. The molecule has 5 rings (SSSR count). The van der Waals surface area contributed by atoms with Gasteiger partial charge < -0.3 is 9.64 Å². The minimum Gasteiger partial charge on any atom is -0.494 e. The molecule has 13 heteroatoms. The van der Waals surface area contributed by atoms with Gasteiger partial charge in [0.15, 0.2) is 10.8 Å². The van der Waals surface area contributed by atoms with Crippen molar-refractivity contribution in [2.24, 2.45) is 7.05 Å². The maximum absolute atomic E-state index is 13.3. The third kappa shape index (κ3) is 4.72. The van der Waals surface area contributed by atoms with Gasteiger partial charge in [-0.15, -0.1) is 0 Å². The molecule has 38 heavy (non-hydrogen) atoms. The third-order valence-corrected chi connectivity index (χ3v) is 7.83. The van der Waals surface area contributed by atoms with Crippen molar-refractivity contribution in [2.45, 2.75) is 33.4 Å². The number of carbonyl (C=O) groups excluding carboxylic acids is 2. The highest BCUT2D eigenvalue weighted by molar-refractivity contribution is 7.16. The van der Waals surface area contributed by atoms with Gasteiger partial charge in [0, 0.05) is 30.1 Å². The molecule has 1 aliphatic heterocycles. The number of carbonyl (C=O) groups is 2. The lowest BCUT2D eigenvalue weighted by Gasteiger charge is -2.14. The maximum Gasteiger partial charge on any atom is 0.276 e. The molecule has 0 bridgehead atoms. The second-order valence-electron chi connectivity index (χ2n) is 8.67. The standard InChI is InChI=1S/C25H23Cl2N7O3S/c1-5-17-21(27)22(32-33(17)3)24(36)34-10-16-19(11-34)38-25(30-16)31-23(35)15-8-28-12(2)6-13(15)14-7-20(26)29-9-18(14)37-4/h6-9H,5,10-11H2,1-4H3,(H,30,31,35). The van der Waals surface area contributed by atoms with Crippen molar-refractivity contribution in [2.75, 3.05) is 12.4 Å². The number of methoxy groups -OCH3 is 1. The van der Waals surface area contributed by atoms with E-state index < -0.39 is 0 Å². The molecule has 0 aromatic carbocycles. The van der Waals surface area contributed by atoms with Gasteiger partial charge in [-0.3, -0.25) is 24.6 Å². The second kappa shape index (κ2) is 10.3. The quantitative estimate of drug-likeness (QED) is 0.326. The van der Waals surface area contributed by atoms with Crippen molar-refractivity contribution in [3.8, 4) is 16.9 Å². The zero-order valence-corrected chi connectivity index (χ0v) is 23.3. The molecule has 0 radical (unpaired) electrons. The summed E-state index contributed by atoms with van der Waals surface area (Å²) in [5, 5.41) is 8.27. The van der Waals surface area contributed by atoms with E-state index in [1.807, 2.05) is 13.8 Å². The van der Waals surface area contributed by atoms with E-state index in [0.29, 0.717) is 52.1 Å². The summed E-state index contributed by atoms with van der Waals surface area (Å²) >= 11 is 13.9. The first-order chi connectivity index (χ1) is 18.2. The summed E-state index contributed by atoms with van der Waals surface area (Å²) in [6, 6.07) is 3.44. The number of nitrogens with one attached hydrogen (secondary N) is 1. The fourth-order valence-electron chi connectivity index (χ4n) is 4.36. The number of hydrogen-bond acceptors (Lipinski definition) is 8. The van der Waals surface area contributed by atoms with E-state index in [0.717, 1.165) is 22.0 Å². The number of aromatic nitrogens is 5. The number of anilines is 1. The van der Waals surface area contributed by atoms with Crippen molar-refractivity contribution in [3.05, 3.63) is 67.9 Å². The highest BCUT2D eigenvalue weighted by Crippen LogP contribution is 2.36. The number of aryl methyl sites for hydroxylation is 2. The van der Waals surface area contributed by atoms with Gasteiger partial charge >= 0.3 is 0 Å². The van der Waals surface area contributed by atoms with Crippen LogP contribution in [-0.4, -0.2) is 48.6 Å². The van der Waals surface area contributed by atoms with Crippen molar-refractivity contribution in [1.29, 1.82) is 0 Å². The summed E-state index contributed by atoms with van der Waals surface area (Å²) in [5.41, 5.74) is 4.06. The van der Waals surface area contributed by atoms with Crippen LogP contribution >= 0.6 is 34.5 Å². The summed E-state index contributed by atoms with van der Waals surface area (Å²) in [5.74, 6) is -0.150. The predicted molar refractivity (Wildman–Crippen MR) is 145 cm³/mol. The summed E-state index contributed by atoms with van der Waals surface area (Å²) in [4.78, 5) is 41.9. The SMILES string of the molecule is CCc1c(Cl)c(C(=O)N2Cc3nc(NC(=O)c4cnc(C)cc4-c4cc(Cl)ncc4OC)sc3C2)nn1C. The molecular weight excluding hydrogens is 549 g/mol. The van der Waals surface area contributed by atoms with Crippen molar-refractivity contribution in [3.63, 3.8) is 0 Å². The predicted octanol–water partition coefficient (Wildman–Crippen LogP) is 4.93. The number of rotatable bonds is 6. The van der Waals surface area contributed by atoms with Crippen LogP contribution in [0, 0.1) is 6.92 Å². The Morgan fingerprint density at radius 3 is 2.63 bits per heavy atom. The smallest absolute Gasteiger partial charge is 0.276 e. The first-order valence-corrected chi connectivity index (χ1v) is 13.2. The van der Waals surface area contributed by atoms with Crippen LogP contribution in [0.15, 0.2) is 24.5 Å². The van der Waals surface area contributed by atoms with Crippen LogP contribution in [0.1, 0.15) is 49.7 Å². The molecule has 0 saturated heterocycles. The van der Waals surface area contributed by atoms with E-state index in [4.69, 9.17) is 27.9 Å². The van der Waals surface area contributed by atoms with E-state index in [1.54, 1.807) is 28.8 Å². The number of nitrogens with zero attached hydrogens (tertiary/aromatic N) is 6. The minimum atomic E-state index is -0.379. The van der Waals surface area contributed by atoms with Crippen LogP contribution in [-0.2, 0) is 26.6 Å². The highest BCUT2D eigenvalue weighted by atomic mass is 35.5. The molecule has 196 valence electrons. The van der Waals surface area contributed by atoms with Crippen molar-refractivity contribution < 1.29 is 14.3 Å². The van der Waals surface area contributed by atoms with Gasteiger partial charge in [0.2, 0.25) is 0 Å².